The number of ether oxygens (including phenoxy) is 3. The number of amides is 1. The Bertz CT molecular complexity index is 751. The molecule has 0 bridgehead atoms. The van der Waals surface area contributed by atoms with Crippen molar-refractivity contribution >= 4 is 17.7 Å². The number of methoxy groups -OCH3 is 2. The van der Waals surface area contributed by atoms with E-state index in [1.807, 2.05) is 36.4 Å². The summed E-state index contributed by atoms with van der Waals surface area (Å²) in [7, 11) is 3.16. The predicted molar refractivity (Wildman–Crippen MR) is 104 cm³/mol. The Morgan fingerprint density at radius 2 is 1.73 bits per heavy atom. The highest BCUT2D eigenvalue weighted by Crippen LogP contribution is 2.28. The van der Waals surface area contributed by atoms with Crippen LogP contribution in [0.2, 0.25) is 0 Å². The molecule has 0 atom stereocenters. The van der Waals surface area contributed by atoms with E-state index < -0.39 is 0 Å². The van der Waals surface area contributed by atoms with Crippen molar-refractivity contribution in [1.82, 2.24) is 0 Å². The third kappa shape index (κ3) is 5.84. The van der Waals surface area contributed by atoms with Crippen molar-refractivity contribution in [1.29, 1.82) is 0 Å². The monoisotopic (exact) mass is 355 g/mol. The predicted octanol–water partition coefficient (Wildman–Crippen LogP) is 4.39. The van der Waals surface area contributed by atoms with E-state index >= 15 is 0 Å². The van der Waals surface area contributed by atoms with Crippen LogP contribution in [0.15, 0.2) is 48.5 Å². The Labute approximate surface area is 154 Å². The molecule has 0 saturated heterocycles. The van der Waals surface area contributed by atoms with Gasteiger partial charge in [-0.25, -0.2) is 0 Å². The highest BCUT2D eigenvalue weighted by molar-refractivity contribution is 6.01. The zero-order chi connectivity index (χ0) is 18.9. The summed E-state index contributed by atoms with van der Waals surface area (Å²) in [6.45, 7) is 4.86. The molecule has 0 fully saturated rings. The fourth-order valence-corrected chi connectivity index (χ4v) is 2.21. The number of carbonyl (C=O) groups is 1. The summed E-state index contributed by atoms with van der Waals surface area (Å²) in [6.07, 6.45) is 3.20. The number of rotatable bonds is 8. The van der Waals surface area contributed by atoms with E-state index in [0.717, 1.165) is 11.3 Å². The van der Waals surface area contributed by atoms with Gasteiger partial charge in [0.2, 0.25) is 5.91 Å². The number of hydrogen-bond acceptors (Lipinski definition) is 4. The summed E-state index contributed by atoms with van der Waals surface area (Å²) in [5.74, 6) is 2.31. The van der Waals surface area contributed by atoms with Crippen molar-refractivity contribution in [2.75, 3.05) is 26.1 Å². The molecule has 2 rings (SSSR count). The van der Waals surface area contributed by atoms with Crippen LogP contribution < -0.4 is 19.5 Å². The molecule has 26 heavy (non-hydrogen) atoms. The van der Waals surface area contributed by atoms with Crippen LogP contribution in [0.3, 0.4) is 0 Å². The second kappa shape index (κ2) is 9.51. The van der Waals surface area contributed by atoms with Gasteiger partial charge in [-0.05, 0) is 54.0 Å². The Morgan fingerprint density at radius 1 is 1.04 bits per heavy atom. The van der Waals surface area contributed by atoms with Gasteiger partial charge in [0.1, 0.15) is 5.75 Å². The summed E-state index contributed by atoms with van der Waals surface area (Å²) in [5, 5.41) is 2.82. The smallest absolute Gasteiger partial charge is 0.248 e. The van der Waals surface area contributed by atoms with Gasteiger partial charge in [-0.15, -0.1) is 0 Å². The maximum atomic E-state index is 12.1. The van der Waals surface area contributed by atoms with Crippen LogP contribution in [0.1, 0.15) is 19.4 Å². The Hall–Kier alpha value is -2.95. The minimum atomic E-state index is -0.212. The van der Waals surface area contributed by atoms with E-state index in [1.165, 1.54) is 6.08 Å². The van der Waals surface area contributed by atoms with Gasteiger partial charge in [-0.3, -0.25) is 4.79 Å². The van der Waals surface area contributed by atoms with Gasteiger partial charge in [0, 0.05) is 11.8 Å². The maximum absolute atomic E-state index is 12.1. The van der Waals surface area contributed by atoms with Crippen LogP contribution in [0, 0.1) is 5.92 Å². The van der Waals surface area contributed by atoms with Crippen molar-refractivity contribution in [3.8, 4) is 17.2 Å². The third-order valence-corrected chi connectivity index (χ3v) is 3.54. The lowest BCUT2D eigenvalue weighted by molar-refractivity contribution is -0.111. The van der Waals surface area contributed by atoms with Crippen molar-refractivity contribution < 1.29 is 19.0 Å². The topological polar surface area (TPSA) is 56.8 Å². The van der Waals surface area contributed by atoms with Gasteiger partial charge in [0.05, 0.1) is 20.8 Å². The molecule has 0 radical (unpaired) electrons. The van der Waals surface area contributed by atoms with Gasteiger partial charge in [-0.2, -0.15) is 0 Å². The molecule has 1 amide bonds. The maximum Gasteiger partial charge on any atom is 0.248 e. The molecule has 0 aromatic heterocycles. The van der Waals surface area contributed by atoms with E-state index in [4.69, 9.17) is 14.2 Å². The van der Waals surface area contributed by atoms with Crippen LogP contribution in [0.4, 0.5) is 5.69 Å². The van der Waals surface area contributed by atoms with Gasteiger partial charge >= 0.3 is 0 Å². The van der Waals surface area contributed by atoms with Crippen molar-refractivity contribution in [2.45, 2.75) is 13.8 Å². The molecule has 2 aromatic carbocycles. The van der Waals surface area contributed by atoms with E-state index in [-0.39, 0.29) is 5.91 Å². The SMILES string of the molecule is COc1ccc(/C=C/C(=O)Nc2ccc(OCC(C)C)cc2)cc1OC. The largest absolute Gasteiger partial charge is 0.493 e. The fourth-order valence-electron chi connectivity index (χ4n) is 2.21. The van der Waals surface area contributed by atoms with Crippen LogP contribution >= 0.6 is 0 Å². The molecule has 0 unspecified atom stereocenters. The third-order valence-electron chi connectivity index (χ3n) is 3.54. The molecular weight excluding hydrogens is 330 g/mol. The molecule has 5 nitrogen and oxygen atoms in total. The second-order valence-corrected chi connectivity index (χ2v) is 6.17. The second-order valence-electron chi connectivity index (χ2n) is 6.17. The quantitative estimate of drug-likeness (QED) is 0.714. The normalized spacial score (nSPS) is 10.8. The van der Waals surface area contributed by atoms with E-state index in [2.05, 4.69) is 19.2 Å². The lowest BCUT2D eigenvalue weighted by Crippen LogP contribution is -2.08. The molecule has 0 saturated carbocycles. The number of nitrogens with one attached hydrogen (secondary N) is 1. The van der Waals surface area contributed by atoms with E-state index in [1.54, 1.807) is 26.4 Å². The van der Waals surface area contributed by atoms with Gasteiger partial charge in [0.15, 0.2) is 11.5 Å². The first kappa shape index (κ1) is 19.4. The van der Waals surface area contributed by atoms with E-state index in [0.29, 0.717) is 29.7 Å². The van der Waals surface area contributed by atoms with Crippen molar-refractivity contribution in [2.24, 2.45) is 5.92 Å². The molecule has 5 heteroatoms. The average molecular weight is 355 g/mol. The molecule has 0 spiro atoms. The summed E-state index contributed by atoms with van der Waals surface area (Å²) < 4.78 is 16.1. The number of benzene rings is 2. The summed E-state index contributed by atoms with van der Waals surface area (Å²) in [4.78, 5) is 12.1. The minimum absolute atomic E-state index is 0.212. The Kier molecular flexibility index (Phi) is 7.09. The zero-order valence-corrected chi connectivity index (χ0v) is 15.6. The van der Waals surface area contributed by atoms with Crippen LogP contribution in [0.25, 0.3) is 6.08 Å². The first-order chi connectivity index (χ1) is 12.5. The fraction of sp³-hybridized carbons (Fsp3) is 0.286. The lowest BCUT2D eigenvalue weighted by Gasteiger charge is -2.09. The molecule has 0 heterocycles. The lowest BCUT2D eigenvalue weighted by atomic mass is 10.2. The first-order valence-electron chi connectivity index (χ1n) is 8.45. The summed E-state index contributed by atoms with van der Waals surface area (Å²) >= 11 is 0. The molecule has 0 aliphatic heterocycles. The molecular formula is C21H25NO4. The number of anilines is 1. The summed E-state index contributed by atoms with van der Waals surface area (Å²) in [5.41, 5.74) is 1.55. The van der Waals surface area contributed by atoms with E-state index in [9.17, 15) is 4.79 Å². The molecule has 0 aliphatic carbocycles. The highest BCUT2D eigenvalue weighted by atomic mass is 16.5. The van der Waals surface area contributed by atoms with Crippen molar-refractivity contribution in [3.63, 3.8) is 0 Å². The van der Waals surface area contributed by atoms with Crippen LogP contribution in [-0.4, -0.2) is 26.7 Å². The Balaban J connectivity index is 1.94. The van der Waals surface area contributed by atoms with Gasteiger partial charge in [0.25, 0.3) is 0 Å². The zero-order valence-electron chi connectivity index (χ0n) is 15.6. The molecule has 0 aliphatic rings. The number of carbonyl (C=O) groups excluding carboxylic acids is 1. The Morgan fingerprint density at radius 3 is 2.35 bits per heavy atom. The van der Waals surface area contributed by atoms with Gasteiger partial charge < -0.3 is 19.5 Å². The van der Waals surface area contributed by atoms with Crippen LogP contribution in [-0.2, 0) is 4.79 Å². The first-order valence-corrected chi connectivity index (χ1v) is 8.45. The molecule has 2 aromatic rings. The van der Waals surface area contributed by atoms with Crippen LogP contribution in [0.5, 0.6) is 17.2 Å². The average Bonchev–Trinajstić information content (AvgIpc) is 2.65. The standard InChI is InChI=1S/C21H25NO4/c1-15(2)14-26-18-9-7-17(8-10-18)22-21(23)12-6-16-5-11-19(24-3)20(13-16)25-4/h5-13,15H,14H2,1-4H3,(H,22,23)/b12-6+. The molecule has 138 valence electrons. The van der Waals surface area contributed by atoms with Crippen molar-refractivity contribution in [3.05, 3.63) is 54.1 Å². The minimum Gasteiger partial charge on any atom is -0.493 e. The molecule has 1 N–H and O–H groups in total. The summed E-state index contributed by atoms with van der Waals surface area (Å²) in [6, 6.07) is 12.8. The number of hydrogen-bond donors (Lipinski definition) is 1. The highest BCUT2D eigenvalue weighted by Gasteiger charge is 2.04. The van der Waals surface area contributed by atoms with Gasteiger partial charge in [-0.1, -0.05) is 19.9 Å².